The summed E-state index contributed by atoms with van der Waals surface area (Å²) in [6.45, 7) is 0.542. The van der Waals surface area contributed by atoms with Crippen LogP contribution in [0.3, 0.4) is 0 Å². The molecule has 1 rings (SSSR count). The average molecular weight is 209 g/mol. The molecule has 0 aliphatic carbocycles. The maximum Gasteiger partial charge on any atom is 0.118 e. The molecule has 1 atom stereocenters. The highest BCUT2D eigenvalue weighted by molar-refractivity contribution is 5.65. The first-order chi connectivity index (χ1) is 7.17. The van der Waals surface area contributed by atoms with Crippen molar-refractivity contribution < 1.29 is 20.4 Å². The van der Waals surface area contributed by atoms with Crippen LogP contribution in [-0.4, -0.2) is 19.6 Å². The van der Waals surface area contributed by atoms with Crippen molar-refractivity contribution in [3.05, 3.63) is 29.8 Å². The summed E-state index contributed by atoms with van der Waals surface area (Å²) in [7, 11) is 1.59. The summed E-state index contributed by atoms with van der Waals surface area (Å²) in [5.41, 5.74) is 4.69. The van der Waals surface area contributed by atoms with Gasteiger partial charge in [0.25, 0.3) is 0 Å². The zero-order chi connectivity index (χ0) is 11.3. The van der Waals surface area contributed by atoms with E-state index in [0.717, 1.165) is 11.3 Å². The smallest absolute Gasteiger partial charge is 0.118 e. The van der Waals surface area contributed by atoms with Gasteiger partial charge in [-0.2, -0.15) is 0 Å². The number of carboxylic acid groups (broad SMARTS) is 1. The quantitative estimate of drug-likeness (QED) is 0.687. The van der Waals surface area contributed by atoms with Crippen molar-refractivity contribution in [3.8, 4) is 5.75 Å². The maximum absolute atomic E-state index is 10.5. The zero-order valence-corrected chi connectivity index (χ0v) is 8.73. The molecule has 0 aromatic heterocycles. The summed E-state index contributed by atoms with van der Waals surface area (Å²) in [6, 6.07) is 7.34. The van der Waals surface area contributed by atoms with Gasteiger partial charge in [-0.05, 0) is 24.1 Å². The number of carbonyl (C=O) groups excluding carboxylic acids is 1. The van der Waals surface area contributed by atoms with E-state index >= 15 is 0 Å². The number of rotatable bonds is 5. The zero-order valence-electron chi connectivity index (χ0n) is 8.73. The number of ether oxygens (including phenoxy) is 1. The van der Waals surface area contributed by atoms with E-state index < -0.39 is 5.97 Å². The lowest BCUT2D eigenvalue weighted by atomic mass is 9.96. The predicted molar refractivity (Wildman–Crippen MR) is 53.1 cm³/mol. The molecule has 0 radical (unpaired) electrons. The Hall–Kier alpha value is -1.55. The molecule has 0 saturated heterocycles. The van der Waals surface area contributed by atoms with Crippen LogP contribution < -0.4 is 15.6 Å². The minimum atomic E-state index is -1.04. The molecule has 0 saturated carbocycles. The minimum Gasteiger partial charge on any atom is -0.550 e. The second-order valence-electron chi connectivity index (χ2n) is 3.33. The molecule has 0 spiro atoms. The third-order valence-electron chi connectivity index (χ3n) is 2.35. The summed E-state index contributed by atoms with van der Waals surface area (Å²) in [5, 5.41) is 10.5. The molecule has 1 aromatic carbocycles. The largest absolute Gasteiger partial charge is 0.550 e. The van der Waals surface area contributed by atoms with Gasteiger partial charge in [0, 0.05) is 11.9 Å². The van der Waals surface area contributed by atoms with E-state index in [9.17, 15) is 9.90 Å². The van der Waals surface area contributed by atoms with Crippen molar-refractivity contribution >= 4 is 5.97 Å². The van der Waals surface area contributed by atoms with Crippen molar-refractivity contribution in [2.24, 2.45) is 0 Å². The number of quaternary nitrogens is 1. The Labute approximate surface area is 88.7 Å². The van der Waals surface area contributed by atoms with E-state index in [4.69, 9.17) is 4.74 Å². The molecule has 0 heterocycles. The van der Waals surface area contributed by atoms with Crippen molar-refractivity contribution in [3.63, 3.8) is 0 Å². The summed E-state index contributed by atoms with van der Waals surface area (Å²) in [6.07, 6.45) is 0.00975. The third-order valence-corrected chi connectivity index (χ3v) is 2.35. The Kier molecular flexibility index (Phi) is 4.12. The summed E-state index contributed by atoms with van der Waals surface area (Å²) in [4.78, 5) is 10.5. The SMILES string of the molecule is COc1ccc([C@H](C[NH3+])CC(=O)[O-])cc1. The van der Waals surface area contributed by atoms with Crippen LogP contribution in [0.5, 0.6) is 5.75 Å². The average Bonchev–Trinajstić information content (AvgIpc) is 2.26. The van der Waals surface area contributed by atoms with Crippen LogP contribution in [-0.2, 0) is 4.79 Å². The topological polar surface area (TPSA) is 77.0 Å². The second-order valence-corrected chi connectivity index (χ2v) is 3.33. The van der Waals surface area contributed by atoms with Gasteiger partial charge in [0.05, 0.1) is 13.7 Å². The fourth-order valence-electron chi connectivity index (χ4n) is 1.46. The lowest BCUT2D eigenvalue weighted by Gasteiger charge is -2.14. The highest BCUT2D eigenvalue weighted by Crippen LogP contribution is 2.20. The van der Waals surface area contributed by atoms with Gasteiger partial charge in [-0.15, -0.1) is 0 Å². The lowest BCUT2D eigenvalue weighted by molar-refractivity contribution is -0.374. The van der Waals surface area contributed by atoms with E-state index in [1.54, 1.807) is 7.11 Å². The van der Waals surface area contributed by atoms with Gasteiger partial charge in [-0.3, -0.25) is 0 Å². The van der Waals surface area contributed by atoms with E-state index in [0.29, 0.717) is 6.54 Å². The first-order valence-corrected chi connectivity index (χ1v) is 4.80. The number of hydrogen-bond donors (Lipinski definition) is 1. The molecule has 0 amide bonds. The first-order valence-electron chi connectivity index (χ1n) is 4.80. The van der Waals surface area contributed by atoms with E-state index in [1.165, 1.54) is 0 Å². The van der Waals surface area contributed by atoms with Crippen LogP contribution in [0.15, 0.2) is 24.3 Å². The van der Waals surface area contributed by atoms with Gasteiger partial charge < -0.3 is 20.4 Å². The second kappa shape index (κ2) is 5.36. The molecule has 0 aliphatic rings. The summed E-state index contributed by atoms with van der Waals surface area (Å²) >= 11 is 0. The Morgan fingerprint density at radius 2 is 2.07 bits per heavy atom. The maximum atomic E-state index is 10.5. The number of methoxy groups -OCH3 is 1. The van der Waals surface area contributed by atoms with E-state index in [-0.39, 0.29) is 12.3 Å². The molecule has 0 aliphatic heterocycles. The number of carboxylic acids is 1. The van der Waals surface area contributed by atoms with Crippen LogP contribution >= 0.6 is 0 Å². The van der Waals surface area contributed by atoms with Gasteiger partial charge >= 0.3 is 0 Å². The van der Waals surface area contributed by atoms with Crippen LogP contribution in [0.2, 0.25) is 0 Å². The third kappa shape index (κ3) is 3.25. The lowest BCUT2D eigenvalue weighted by Crippen LogP contribution is -2.53. The van der Waals surface area contributed by atoms with Crippen LogP contribution in [0, 0.1) is 0 Å². The van der Waals surface area contributed by atoms with Gasteiger partial charge in [0.2, 0.25) is 0 Å². The van der Waals surface area contributed by atoms with E-state index in [1.807, 2.05) is 24.3 Å². The normalized spacial score (nSPS) is 12.1. The minimum absolute atomic E-state index is 0.00975. The van der Waals surface area contributed by atoms with Crippen LogP contribution in [0.4, 0.5) is 0 Å². The number of carbonyl (C=O) groups is 1. The Morgan fingerprint density at radius 3 is 2.47 bits per heavy atom. The van der Waals surface area contributed by atoms with Gasteiger partial charge in [-0.25, -0.2) is 0 Å². The molecule has 4 nitrogen and oxygen atoms in total. The highest BCUT2D eigenvalue weighted by atomic mass is 16.5. The van der Waals surface area contributed by atoms with Crippen LogP contribution in [0.25, 0.3) is 0 Å². The predicted octanol–water partition coefficient (Wildman–Crippen LogP) is -0.839. The van der Waals surface area contributed by atoms with Crippen molar-refractivity contribution in [2.75, 3.05) is 13.7 Å². The molecule has 0 unspecified atom stereocenters. The molecular weight excluding hydrogens is 194 g/mol. The first kappa shape index (κ1) is 11.5. The Balaban J connectivity index is 2.78. The monoisotopic (exact) mass is 209 g/mol. The molecule has 3 N–H and O–H groups in total. The van der Waals surface area contributed by atoms with E-state index in [2.05, 4.69) is 5.73 Å². The van der Waals surface area contributed by atoms with Crippen molar-refractivity contribution in [1.29, 1.82) is 0 Å². The van der Waals surface area contributed by atoms with Crippen LogP contribution in [0.1, 0.15) is 17.9 Å². The van der Waals surface area contributed by atoms with Gasteiger partial charge in [0.1, 0.15) is 5.75 Å². The molecule has 4 heteroatoms. The number of benzene rings is 1. The van der Waals surface area contributed by atoms with Gasteiger partial charge in [0.15, 0.2) is 0 Å². The fraction of sp³-hybridized carbons (Fsp3) is 0.364. The van der Waals surface area contributed by atoms with Crippen molar-refractivity contribution in [2.45, 2.75) is 12.3 Å². The standard InChI is InChI=1S/C11H15NO3/c1-15-10-4-2-8(3-5-10)9(7-12)6-11(13)14/h2-5,9H,6-7,12H2,1H3,(H,13,14)/t9-/m0/s1. The number of hydrogen-bond acceptors (Lipinski definition) is 3. The van der Waals surface area contributed by atoms with Gasteiger partial charge in [-0.1, -0.05) is 12.1 Å². The molecule has 0 bridgehead atoms. The number of aliphatic carboxylic acids is 1. The highest BCUT2D eigenvalue weighted by Gasteiger charge is 2.11. The molecule has 1 aromatic rings. The Bertz CT molecular complexity index is 321. The molecule has 82 valence electrons. The summed E-state index contributed by atoms with van der Waals surface area (Å²) in [5.74, 6) is -0.365. The Morgan fingerprint density at radius 1 is 1.47 bits per heavy atom. The summed E-state index contributed by atoms with van der Waals surface area (Å²) < 4.78 is 5.02. The molecular formula is C11H15NO3. The molecule has 0 fully saturated rings. The van der Waals surface area contributed by atoms with Crippen molar-refractivity contribution in [1.82, 2.24) is 0 Å². The fourth-order valence-corrected chi connectivity index (χ4v) is 1.46. The molecule has 15 heavy (non-hydrogen) atoms.